The molecule has 2 saturated heterocycles. The van der Waals surface area contributed by atoms with Crippen LogP contribution in [0, 0.1) is 17.8 Å². The highest BCUT2D eigenvalue weighted by atomic mass is 16.7. The zero-order chi connectivity index (χ0) is 29.0. The summed E-state index contributed by atoms with van der Waals surface area (Å²) in [5.41, 5.74) is 0.114. The molecule has 2 bridgehead atoms. The molecule has 4 heterocycles. The van der Waals surface area contributed by atoms with Crippen LogP contribution in [0.3, 0.4) is 0 Å². The number of nitrogens with zero attached hydrogens (tertiary/aromatic N) is 1. The van der Waals surface area contributed by atoms with Crippen molar-refractivity contribution in [3.63, 3.8) is 0 Å². The van der Waals surface area contributed by atoms with Gasteiger partial charge in [0, 0.05) is 24.3 Å². The lowest BCUT2D eigenvalue weighted by Gasteiger charge is -2.36. The van der Waals surface area contributed by atoms with E-state index < -0.39 is 29.6 Å². The molecule has 3 amide bonds. The van der Waals surface area contributed by atoms with Gasteiger partial charge >= 0.3 is 0 Å². The van der Waals surface area contributed by atoms with Gasteiger partial charge in [0.1, 0.15) is 17.4 Å². The number of likely N-dealkylation sites (tertiary alicyclic amines) is 1. The summed E-state index contributed by atoms with van der Waals surface area (Å²) in [5, 5.41) is 6.22. The van der Waals surface area contributed by atoms with E-state index in [0.29, 0.717) is 28.9 Å². The van der Waals surface area contributed by atoms with Crippen molar-refractivity contribution in [1.29, 1.82) is 0 Å². The summed E-state index contributed by atoms with van der Waals surface area (Å²) in [4.78, 5) is 43.8. The van der Waals surface area contributed by atoms with Crippen LogP contribution in [-0.4, -0.2) is 60.3 Å². The molecule has 10 nitrogen and oxygen atoms in total. The average molecular weight is 574 g/mol. The van der Waals surface area contributed by atoms with Crippen molar-refractivity contribution in [2.75, 3.05) is 19.2 Å². The fourth-order valence-corrected chi connectivity index (χ4v) is 7.39. The number of ether oxygens (including phenoxy) is 4. The van der Waals surface area contributed by atoms with Crippen LogP contribution in [-0.2, 0) is 25.7 Å². The number of hydrogen-bond donors (Lipinski definition) is 2. The number of carbonyl (C=O) groups excluding carboxylic acids is 3. The Kier molecular flexibility index (Phi) is 6.61. The second-order valence-corrected chi connectivity index (χ2v) is 12.0. The first-order valence-corrected chi connectivity index (χ1v) is 14.7. The van der Waals surface area contributed by atoms with E-state index in [2.05, 4.69) is 17.6 Å². The number of anilines is 1. The van der Waals surface area contributed by atoms with Crippen molar-refractivity contribution < 1.29 is 33.3 Å². The fraction of sp³-hybridized carbons (Fsp3) is 0.469. The Bertz CT molecular complexity index is 1460. The maximum atomic E-state index is 14.3. The SMILES string of the molecule is COc1cccc(NC(=O)[C@H]2[C@H]3C=C[C@@]4(O3)[C@H]2C(=O)N(Cc2ccc3c(c2)OCO3)[C@@H]4C(=O)N[C@H]2CCCC[C@@H]2C)c1. The molecule has 3 fully saturated rings. The molecule has 4 aliphatic heterocycles. The summed E-state index contributed by atoms with van der Waals surface area (Å²) in [7, 11) is 1.56. The highest BCUT2D eigenvalue weighted by molar-refractivity contribution is 6.02. The molecule has 1 saturated carbocycles. The first kappa shape index (κ1) is 26.8. The number of rotatable bonds is 7. The molecule has 2 N–H and O–H groups in total. The minimum absolute atomic E-state index is 0.0268. The highest BCUT2D eigenvalue weighted by Crippen LogP contribution is 2.55. The zero-order valence-electron chi connectivity index (χ0n) is 23.7. The quantitative estimate of drug-likeness (QED) is 0.488. The van der Waals surface area contributed by atoms with E-state index in [0.717, 1.165) is 31.2 Å². The van der Waals surface area contributed by atoms with Crippen LogP contribution in [0.1, 0.15) is 38.2 Å². The smallest absolute Gasteiger partial charge is 0.246 e. The monoisotopic (exact) mass is 573 g/mol. The minimum Gasteiger partial charge on any atom is -0.497 e. The molecule has 220 valence electrons. The van der Waals surface area contributed by atoms with Gasteiger partial charge in [-0.25, -0.2) is 0 Å². The maximum absolute atomic E-state index is 14.3. The van der Waals surface area contributed by atoms with Crippen LogP contribution in [0.15, 0.2) is 54.6 Å². The van der Waals surface area contributed by atoms with Gasteiger partial charge in [-0.05, 0) is 48.6 Å². The van der Waals surface area contributed by atoms with Gasteiger partial charge in [0.15, 0.2) is 11.5 Å². The van der Waals surface area contributed by atoms with Crippen LogP contribution >= 0.6 is 0 Å². The molecular weight excluding hydrogens is 538 g/mol. The van der Waals surface area contributed by atoms with Crippen LogP contribution in [0.5, 0.6) is 17.2 Å². The van der Waals surface area contributed by atoms with Gasteiger partial charge < -0.3 is 34.5 Å². The molecule has 0 aromatic heterocycles. The third-order valence-electron chi connectivity index (χ3n) is 9.49. The van der Waals surface area contributed by atoms with Crippen molar-refractivity contribution in [2.45, 2.75) is 62.9 Å². The third-order valence-corrected chi connectivity index (χ3v) is 9.49. The van der Waals surface area contributed by atoms with Crippen molar-refractivity contribution in [3.05, 3.63) is 60.2 Å². The topological polar surface area (TPSA) is 115 Å². The van der Waals surface area contributed by atoms with Gasteiger partial charge in [-0.2, -0.15) is 0 Å². The maximum Gasteiger partial charge on any atom is 0.246 e. The summed E-state index contributed by atoms with van der Waals surface area (Å²) in [6.07, 6.45) is 7.21. The summed E-state index contributed by atoms with van der Waals surface area (Å²) in [6, 6.07) is 11.7. The summed E-state index contributed by atoms with van der Waals surface area (Å²) < 4.78 is 22.8. The molecule has 42 heavy (non-hydrogen) atoms. The fourth-order valence-electron chi connectivity index (χ4n) is 7.39. The normalized spacial score (nSPS) is 32.1. The number of fused-ring (bicyclic) bond motifs is 2. The summed E-state index contributed by atoms with van der Waals surface area (Å²) >= 11 is 0. The first-order valence-electron chi connectivity index (χ1n) is 14.7. The molecule has 10 heteroatoms. The number of hydrogen-bond acceptors (Lipinski definition) is 7. The Balaban J connectivity index is 1.21. The largest absolute Gasteiger partial charge is 0.497 e. The van der Waals surface area contributed by atoms with Crippen molar-refractivity contribution >= 4 is 23.4 Å². The number of nitrogens with one attached hydrogen (secondary N) is 2. The Morgan fingerprint density at radius 2 is 1.90 bits per heavy atom. The standard InChI is InChI=1S/C32H35N3O7/c1-18-6-3-4-9-22(18)34-30(37)28-32-13-12-24(42-32)26(29(36)33-20-7-5-8-21(15-20)39-2)27(32)31(38)35(28)16-19-10-11-23-25(14-19)41-17-40-23/h5,7-8,10-15,18,22,24,26-28H,3-4,6,9,16-17H2,1-2H3,(H,33,36)(H,34,37)/t18-,22-,24+,26-,27+,28+,32+/m0/s1. The predicted molar refractivity (Wildman–Crippen MR) is 152 cm³/mol. The zero-order valence-corrected chi connectivity index (χ0v) is 23.7. The lowest BCUT2D eigenvalue weighted by molar-refractivity contribution is -0.142. The van der Waals surface area contributed by atoms with Crippen LogP contribution in [0.2, 0.25) is 0 Å². The Morgan fingerprint density at radius 1 is 1.07 bits per heavy atom. The van der Waals surface area contributed by atoms with Gasteiger partial charge in [0.05, 0.1) is 25.0 Å². The van der Waals surface area contributed by atoms with E-state index in [1.54, 1.807) is 36.3 Å². The highest BCUT2D eigenvalue weighted by Gasteiger charge is 2.72. The van der Waals surface area contributed by atoms with Gasteiger partial charge in [-0.15, -0.1) is 0 Å². The van der Waals surface area contributed by atoms with Crippen molar-refractivity contribution in [3.8, 4) is 17.2 Å². The Labute approximate surface area is 244 Å². The van der Waals surface area contributed by atoms with Crippen molar-refractivity contribution in [1.82, 2.24) is 10.2 Å². The van der Waals surface area contributed by atoms with Gasteiger partial charge in [0.2, 0.25) is 24.5 Å². The second kappa shape index (κ2) is 10.3. The molecule has 7 atom stereocenters. The lowest BCUT2D eigenvalue weighted by Crippen LogP contribution is -2.57. The molecular formula is C32H35N3O7. The number of benzene rings is 2. The molecule has 0 radical (unpaired) electrons. The second-order valence-electron chi connectivity index (χ2n) is 12.0. The molecule has 1 spiro atoms. The Hall–Kier alpha value is -4.05. The van der Waals surface area contributed by atoms with Gasteiger partial charge in [-0.3, -0.25) is 14.4 Å². The molecule has 2 aromatic carbocycles. The predicted octanol–water partition coefficient (Wildman–Crippen LogP) is 3.41. The van der Waals surface area contributed by atoms with Crippen LogP contribution < -0.4 is 24.8 Å². The third kappa shape index (κ3) is 4.31. The number of amides is 3. The molecule has 5 aliphatic rings. The molecule has 1 aliphatic carbocycles. The molecule has 7 rings (SSSR count). The van der Waals surface area contributed by atoms with Gasteiger partial charge in [0.25, 0.3) is 0 Å². The average Bonchev–Trinajstić information content (AvgIpc) is 3.75. The van der Waals surface area contributed by atoms with E-state index in [9.17, 15) is 14.4 Å². The summed E-state index contributed by atoms with van der Waals surface area (Å²) in [6.45, 7) is 2.46. The minimum atomic E-state index is -1.24. The van der Waals surface area contributed by atoms with Crippen LogP contribution in [0.4, 0.5) is 5.69 Å². The lowest BCUT2D eigenvalue weighted by atomic mass is 9.74. The molecule has 2 aromatic rings. The van der Waals surface area contributed by atoms with E-state index in [1.165, 1.54) is 0 Å². The number of carbonyl (C=O) groups is 3. The number of methoxy groups -OCH3 is 1. The first-order chi connectivity index (χ1) is 20.4. The van der Waals surface area contributed by atoms with E-state index >= 15 is 0 Å². The Morgan fingerprint density at radius 3 is 2.74 bits per heavy atom. The van der Waals surface area contributed by atoms with Crippen molar-refractivity contribution in [2.24, 2.45) is 17.8 Å². The molecule has 0 unspecified atom stereocenters. The van der Waals surface area contributed by atoms with Gasteiger partial charge in [-0.1, -0.05) is 44.1 Å². The van der Waals surface area contributed by atoms with Crippen LogP contribution in [0.25, 0.3) is 0 Å². The summed E-state index contributed by atoms with van der Waals surface area (Å²) in [5.74, 6) is -0.300. The van der Waals surface area contributed by atoms with E-state index in [1.807, 2.05) is 30.4 Å². The van der Waals surface area contributed by atoms with E-state index in [4.69, 9.17) is 18.9 Å². The van der Waals surface area contributed by atoms with E-state index in [-0.39, 0.29) is 37.1 Å².